The van der Waals surface area contributed by atoms with Crippen LogP contribution in [0.5, 0.6) is 0 Å². The van der Waals surface area contributed by atoms with Crippen LogP contribution in [0.4, 0.5) is 5.69 Å². The summed E-state index contributed by atoms with van der Waals surface area (Å²) in [6.07, 6.45) is 4.24. The molecular weight excluding hydrogens is 278 g/mol. The van der Waals surface area contributed by atoms with Crippen LogP contribution < -0.4 is 5.32 Å². The van der Waals surface area contributed by atoms with Crippen LogP contribution in [0.1, 0.15) is 47.5 Å². The Morgan fingerprint density at radius 3 is 2.64 bits per heavy atom. The molecule has 1 amide bonds. The van der Waals surface area contributed by atoms with E-state index in [0.29, 0.717) is 5.56 Å². The average Bonchev–Trinajstić information content (AvgIpc) is 2.54. The van der Waals surface area contributed by atoms with Crippen molar-refractivity contribution in [3.05, 3.63) is 41.5 Å². The van der Waals surface area contributed by atoms with Crippen molar-refractivity contribution >= 4 is 28.3 Å². The van der Waals surface area contributed by atoms with E-state index in [9.17, 15) is 9.59 Å². The number of carbonyl (C=O) groups excluding carboxylic acids is 1. The number of fused-ring (bicyclic) bond motifs is 5. The van der Waals surface area contributed by atoms with Crippen molar-refractivity contribution in [2.75, 3.05) is 5.32 Å². The van der Waals surface area contributed by atoms with Gasteiger partial charge >= 0.3 is 5.97 Å². The third-order valence-electron chi connectivity index (χ3n) is 5.04. The molecule has 112 valence electrons. The minimum atomic E-state index is -0.913. The number of amides is 1. The van der Waals surface area contributed by atoms with Gasteiger partial charge in [-0.1, -0.05) is 25.0 Å². The first-order valence-electron chi connectivity index (χ1n) is 7.76. The third-order valence-corrected chi connectivity index (χ3v) is 5.04. The molecular formula is C18H17NO3. The van der Waals surface area contributed by atoms with Crippen molar-refractivity contribution in [2.24, 2.45) is 5.92 Å². The number of anilines is 1. The highest BCUT2D eigenvalue weighted by Crippen LogP contribution is 2.47. The molecule has 1 heterocycles. The first kappa shape index (κ1) is 13.3. The first-order valence-corrected chi connectivity index (χ1v) is 7.76. The maximum atomic E-state index is 12.3. The van der Waals surface area contributed by atoms with Gasteiger partial charge in [-0.05, 0) is 53.3 Å². The summed E-state index contributed by atoms with van der Waals surface area (Å²) in [6.45, 7) is 0. The Morgan fingerprint density at radius 1 is 1.09 bits per heavy atom. The molecule has 2 aromatic rings. The quantitative estimate of drug-likeness (QED) is 0.841. The van der Waals surface area contributed by atoms with E-state index in [1.807, 2.05) is 18.2 Å². The van der Waals surface area contributed by atoms with Gasteiger partial charge in [0, 0.05) is 11.6 Å². The zero-order chi connectivity index (χ0) is 15.3. The van der Waals surface area contributed by atoms with Gasteiger partial charge in [-0.3, -0.25) is 4.79 Å². The summed E-state index contributed by atoms with van der Waals surface area (Å²) in [7, 11) is 0. The Labute approximate surface area is 128 Å². The van der Waals surface area contributed by atoms with Gasteiger partial charge in [0.05, 0.1) is 5.56 Å². The van der Waals surface area contributed by atoms with Gasteiger partial charge in [-0.15, -0.1) is 0 Å². The van der Waals surface area contributed by atoms with Crippen LogP contribution in [-0.2, 0) is 4.79 Å². The summed E-state index contributed by atoms with van der Waals surface area (Å²) < 4.78 is 0. The smallest absolute Gasteiger partial charge is 0.335 e. The minimum Gasteiger partial charge on any atom is -0.478 e. The van der Waals surface area contributed by atoms with E-state index in [1.54, 1.807) is 12.1 Å². The molecule has 1 saturated carbocycles. The van der Waals surface area contributed by atoms with Gasteiger partial charge in [0.1, 0.15) is 0 Å². The fourth-order valence-corrected chi connectivity index (χ4v) is 4.01. The second-order valence-corrected chi connectivity index (χ2v) is 6.25. The van der Waals surface area contributed by atoms with Gasteiger partial charge in [-0.2, -0.15) is 0 Å². The predicted octanol–water partition coefficient (Wildman–Crippen LogP) is 3.76. The lowest BCUT2D eigenvalue weighted by atomic mass is 9.71. The molecule has 22 heavy (non-hydrogen) atoms. The Kier molecular flexibility index (Phi) is 2.93. The molecule has 1 fully saturated rings. The van der Waals surface area contributed by atoms with E-state index >= 15 is 0 Å². The molecule has 4 rings (SSSR count). The number of carboxylic acids is 1. The number of benzene rings is 2. The first-order chi connectivity index (χ1) is 10.6. The summed E-state index contributed by atoms with van der Waals surface area (Å²) in [5, 5.41) is 14.2. The molecule has 0 spiro atoms. The van der Waals surface area contributed by atoms with Gasteiger partial charge < -0.3 is 10.4 Å². The van der Waals surface area contributed by atoms with Crippen molar-refractivity contribution in [2.45, 2.75) is 31.6 Å². The fraction of sp³-hybridized carbons (Fsp3) is 0.333. The standard InChI is InChI=1S/C18H17NO3/c20-17-14-4-2-1-3-13(14)16-12-7-5-11(18(21)22)9-10(12)6-8-15(16)19-17/h5-9,13-14H,1-4H2,(H,19,20)(H,21,22)/t13-,14+/m1/s1. The Bertz CT molecular complexity index is 796. The van der Waals surface area contributed by atoms with Gasteiger partial charge in [0.15, 0.2) is 0 Å². The van der Waals surface area contributed by atoms with E-state index in [1.165, 1.54) is 5.56 Å². The predicted molar refractivity (Wildman–Crippen MR) is 84.2 cm³/mol. The lowest BCUT2D eigenvalue weighted by molar-refractivity contribution is -0.121. The highest BCUT2D eigenvalue weighted by Gasteiger charge is 2.38. The van der Waals surface area contributed by atoms with E-state index < -0.39 is 5.97 Å². The number of hydrogen-bond donors (Lipinski definition) is 2. The lowest BCUT2D eigenvalue weighted by Gasteiger charge is -2.37. The molecule has 2 N–H and O–H groups in total. The third kappa shape index (κ3) is 1.90. The van der Waals surface area contributed by atoms with Crippen LogP contribution in [0, 0.1) is 5.92 Å². The molecule has 2 aliphatic rings. The maximum absolute atomic E-state index is 12.3. The van der Waals surface area contributed by atoms with E-state index in [-0.39, 0.29) is 17.7 Å². The van der Waals surface area contributed by atoms with Crippen LogP contribution in [0.25, 0.3) is 10.8 Å². The van der Waals surface area contributed by atoms with Crippen molar-refractivity contribution in [3.8, 4) is 0 Å². The minimum absolute atomic E-state index is 0.0611. The van der Waals surface area contributed by atoms with E-state index in [2.05, 4.69) is 5.32 Å². The molecule has 0 bridgehead atoms. The zero-order valence-electron chi connectivity index (χ0n) is 12.1. The summed E-state index contributed by atoms with van der Waals surface area (Å²) in [5.74, 6) is -0.454. The molecule has 4 heteroatoms. The number of nitrogens with one attached hydrogen (secondary N) is 1. The van der Waals surface area contributed by atoms with Crippen molar-refractivity contribution in [1.82, 2.24) is 0 Å². The number of aromatic carboxylic acids is 1. The maximum Gasteiger partial charge on any atom is 0.335 e. The second-order valence-electron chi connectivity index (χ2n) is 6.25. The van der Waals surface area contributed by atoms with Crippen LogP contribution in [0.15, 0.2) is 30.3 Å². The van der Waals surface area contributed by atoms with Gasteiger partial charge in [0.2, 0.25) is 5.91 Å². The number of carboxylic acid groups (broad SMARTS) is 1. The number of hydrogen-bond acceptors (Lipinski definition) is 2. The van der Waals surface area contributed by atoms with Crippen LogP contribution in [0.2, 0.25) is 0 Å². The molecule has 0 aromatic heterocycles. The fourth-order valence-electron chi connectivity index (χ4n) is 4.01. The van der Waals surface area contributed by atoms with E-state index in [0.717, 1.165) is 42.1 Å². The SMILES string of the molecule is O=C(O)c1ccc2c3c(ccc2c1)NC(=O)[C@H]1CCCC[C@@H]31. The number of rotatable bonds is 1. The van der Waals surface area contributed by atoms with Crippen molar-refractivity contribution in [3.63, 3.8) is 0 Å². The summed E-state index contributed by atoms with van der Waals surface area (Å²) in [5.41, 5.74) is 2.38. The molecule has 2 atom stereocenters. The van der Waals surface area contributed by atoms with Gasteiger partial charge in [0.25, 0.3) is 0 Å². The molecule has 1 aliphatic carbocycles. The molecule has 0 unspecified atom stereocenters. The highest BCUT2D eigenvalue weighted by molar-refractivity contribution is 6.03. The molecule has 0 radical (unpaired) electrons. The van der Waals surface area contributed by atoms with Crippen LogP contribution in [0.3, 0.4) is 0 Å². The normalized spacial score (nSPS) is 23.5. The molecule has 2 aromatic carbocycles. The Morgan fingerprint density at radius 2 is 1.86 bits per heavy atom. The highest BCUT2D eigenvalue weighted by atomic mass is 16.4. The van der Waals surface area contributed by atoms with Gasteiger partial charge in [-0.25, -0.2) is 4.79 Å². The monoisotopic (exact) mass is 295 g/mol. The Balaban J connectivity index is 1.93. The van der Waals surface area contributed by atoms with Crippen molar-refractivity contribution < 1.29 is 14.7 Å². The largest absolute Gasteiger partial charge is 0.478 e. The average molecular weight is 295 g/mol. The van der Waals surface area contributed by atoms with E-state index in [4.69, 9.17) is 5.11 Å². The molecule has 1 aliphatic heterocycles. The molecule has 0 saturated heterocycles. The van der Waals surface area contributed by atoms with Crippen molar-refractivity contribution in [1.29, 1.82) is 0 Å². The van der Waals surface area contributed by atoms with Crippen LogP contribution in [-0.4, -0.2) is 17.0 Å². The summed E-state index contributed by atoms with van der Waals surface area (Å²) >= 11 is 0. The summed E-state index contributed by atoms with van der Waals surface area (Å²) in [6, 6.07) is 9.06. The Hall–Kier alpha value is -2.36. The topological polar surface area (TPSA) is 66.4 Å². The number of carbonyl (C=O) groups is 2. The zero-order valence-corrected chi connectivity index (χ0v) is 12.1. The summed E-state index contributed by atoms with van der Waals surface area (Å²) in [4.78, 5) is 23.4. The van der Waals surface area contributed by atoms with Crippen LogP contribution >= 0.6 is 0 Å². The lowest BCUT2D eigenvalue weighted by Crippen LogP contribution is -2.35. The second kappa shape index (κ2) is 4.83. The molecule has 4 nitrogen and oxygen atoms in total.